The van der Waals surface area contributed by atoms with Crippen LogP contribution in [0.3, 0.4) is 0 Å². The molecule has 0 saturated heterocycles. The molecule has 3 aromatic carbocycles. The lowest BCUT2D eigenvalue weighted by Gasteiger charge is -2.24. The highest BCUT2D eigenvalue weighted by Crippen LogP contribution is 2.29. The smallest absolute Gasteiger partial charge is 0.264 e. The predicted octanol–water partition coefficient (Wildman–Crippen LogP) is 6.05. The van der Waals surface area contributed by atoms with Crippen LogP contribution in [0.1, 0.15) is 22.5 Å². The lowest BCUT2D eigenvalue weighted by Crippen LogP contribution is -2.39. The predicted molar refractivity (Wildman–Crippen MR) is 153 cm³/mol. The second-order valence-corrected chi connectivity index (χ2v) is 11.4. The monoisotopic (exact) mass is 568 g/mol. The van der Waals surface area contributed by atoms with Crippen molar-refractivity contribution in [2.24, 2.45) is 5.10 Å². The van der Waals surface area contributed by atoms with Crippen molar-refractivity contribution in [2.75, 3.05) is 10.8 Å². The number of hydrazone groups is 1. The van der Waals surface area contributed by atoms with Gasteiger partial charge < -0.3 is 4.57 Å². The molecule has 0 aliphatic carbocycles. The first-order chi connectivity index (χ1) is 18.1. The molecule has 0 fully saturated rings. The Labute approximate surface area is 232 Å². The molecule has 4 aromatic rings. The van der Waals surface area contributed by atoms with Crippen molar-refractivity contribution in [1.82, 2.24) is 9.99 Å². The first kappa shape index (κ1) is 27.4. The van der Waals surface area contributed by atoms with E-state index >= 15 is 0 Å². The van der Waals surface area contributed by atoms with Gasteiger partial charge in [-0.2, -0.15) is 5.10 Å². The number of aryl methyl sites for hydroxylation is 2. The number of carbonyl (C=O) groups excluding carboxylic acids is 1. The van der Waals surface area contributed by atoms with Crippen LogP contribution in [0.4, 0.5) is 5.69 Å². The van der Waals surface area contributed by atoms with Crippen LogP contribution in [-0.2, 0) is 14.8 Å². The molecule has 0 saturated carbocycles. The minimum absolute atomic E-state index is 0.0879. The fourth-order valence-electron chi connectivity index (χ4n) is 4.10. The number of aromatic nitrogens is 1. The van der Waals surface area contributed by atoms with Crippen molar-refractivity contribution >= 4 is 51.0 Å². The SMILES string of the molecule is Cc1cccc(N(CC(=O)N/N=C/c2cc(C)n(-c3cc(Cl)ccc3Cl)c2C)S(=O)(=O)c2ccccc2)c1. The third kappa shape index (κ3) is 5.93. The van der Waals surface area contributed by atoms with Crippen LogP contribution in [0, 0.1) is 20.8 Å². The van der Waals surface area contributed by atoms with E-state index in [1.165, 1.54) is 18.3 Å². The van der Waals surface area contributed by atoms with Gasteiger partial charge in [0.2, 0.25) is 0 Å². The zero-order valence-electron chi connectivity index (χ0n) is 21.0. The minimum atomic E-state index is -4.00. The number of benzene rings is 3. The van der Waals surface area contributed by atoms with Crippen LogP contribution in [0.2, 0.25) is 10.0 Å². The van der Waals surface area contributed by atoms with Gasteiger partial charge in [0.15, 0.2) is 0 Å². The lowest BCUT2D eigenvalue weighted by atomic mass is 10.2. The average molecular weight is 570 g/mol. The first-order valence-corrected chi connectivity index (χ1v) is 13.9. The molecule has 0 bridgehead atoms. The van der Waals surface area contributed by atoms with E-state index in [9.17, 15) is 13.2 Å². The van der Waals surface area contributed by atoms with Gasteiger partial charge in [0, 0.05) is 22.0 Å². The van der Waals surface area contributed by atoms with Gasteiger partial charge in [0.25, 0.3) is 15.9 Å². The second kappa shape index (κ2) is 11.4. The van der Waals surface area contributed by atoms with Gasteiger partial charge in [-0.25, -0.2) is 13.8 Å². The Morgan fingerprint density at radius 1 is 0.974 bits per heavy atom. The van der Waals surface area contributed by atoms with Crippen LogP contribution in [-0.4, -0.2) is 31.7 Å². The Bertz CT molecular complexity index is 1620. The topological polar surface area (TPSA) is 83.8 Å². The lowest BCUT2D eigenvalue weighted by molar-refractivity contribution is -0.119. The summed E-state index contributed by atoms with van der Waals surface area (Å²) in [5.74, 6) is -0.589. The summed E-state index contributed by atoms with van der Waals surface area (Å²) in [4.78, 5) is 13.0. The number of sulfonamides is 1. The van der Waals surface area contributed by atoms with Crippen molar-refractivity contribution in [3.8, 4) is 5.69 Å². The number of nitrogens with one attached hydrogen (secondary N) is 1. The van der Waals surface area contributed by atoms with E-state index in [4.69, 9.17) is 23.2 Å². The maximum Gasteiger partial charge on any atom is 0.264 e. The van der Waals surface area contributed by atoms with Crippen molar-refractivity contribution < 1.29 is 13.2 Å². The normalized spacial score (nSPS) is 11.6. The largest absolute Gasteiger partial charge is 0.316 e. The van der Waals surface area contributed by atoms with Gasteiger partial charge >= 0.3 is 0 Å². The molecule has 38 heavy (non-hydrogen) atoms. The molecule has 0 radical (unpaired) electrons. The number of hydrogen-bond acceptors (Lipinski definition) is 4. The minimum Gasteiger partial charge on any atom is -0.316 e. The van der Waals surface area contributed by atoms with Crippen molar-refractivity contribution in [2.45, 2.75) is 25.7 Å². The number of anilines is 1. The Morgan fingerprint density at radius 3 is 2.42 bits per heavy atom. The number of nitrogens with zero attached hydrogens (tertiary/aromatic N) is 3. The van der Waals surface area contributed by atoms with Crippen LogP contribution < -0.4 is 9.73 Å². The molecular formula is C28H26Cl2N4O3S. The molecule has 0 atom stereocenters. The molecule has 196 valence electrons. The number of hydrogen-bond donors (Lipinski definition) is 1. The van der Waals surface area contributed by atoms with Crippen LogP contribution >= 0.6 is 23.2 Å². The van der Waals surface area contributed by atoms with Gasteiger partial charge in [-0.15, -0.1) is 0 Å². The Hall–Kier alpha value is -3.59. The molecule has 0 spiro atoms. The number of carbonyl (C=O) groups is 1. The van der Waals surface area contributed by atoms with Crippen molar-refractivity contribution in [1.29, 1.82) is 0 Å². The zero-order valence-corrected chi connectivity index (χ0v) is 23.3. The standard InChI is InChI=1S/C28H26Cl2N4O3S/c1-19-8-7-9-24(14-19)33(38(36,37)25-10-5-4-6-11-25)18-28(35)32-31-17-22-15-20(2)34(21(22)3)27-16-23(29)12-13-26(27)30/h4-17H,18H2,1-3H3,(H,32,35)/b31-17+. The molecule has 1 N–H and O–H groups in total. The molecule has 1 aromatic heterocycles. The van der Waals surface area contributed by atoms with Gasteiger partial charge in [-0.05, 0) is 74.9 Å². The number of amides is 1. The Balaban J connectivity index is 1.56. The summed E-state index contributed by atoms with van der Waals surface area (Å²) in [6.45, 7) is 5.23. The summed E-state index contributed by atoms with van der Waals surface area (Å²) >= 11 is 12.6. The van der Waals surface area contributed by atoms with Crippen molar-refractivity contribution in [3.63, 3.8) is 0 Å². The average Bonchev–Trinajstić information content (AvgIpc) is 3.17. The third-order valence-corrected chi connectivity index (χ3v) is 8.26. The van der Waals surface area contributed by atoms with Crippen LogP contribution in [0.25, 0.3) is 5.69 Å². The van der Waals surface area contributed by atoms with Crippen LogP contribution in [0.5, 0.6) is 0 Å². The summed E-state index contributed by atoms with van der Waals surface area (Å²) in [6, 6.07) is 22.1. The number of halogens is 2. The summed E-state index contributed by atoms with van der Waals surface area (Å²) < 4.78 is 29.9. The molecule has 10 heteroatoms. The Morgan fingerprint density at radius 2 is 1.71 bits per heavy atom. The molecule has 0 aliphatic rings. The highest BCUT2D eigenvalue weighted by Gasteiger charge is 2.27. The van der Waals surface area contributed by atoms with E-state index in [1.54, 1.807) is 54.6 Å². The van der Waals surface area contributed by atoms with Gasteiger partial charge in [-0.1, -0.05) is 53.5 Å². The summed E-state index contributed by atoms with van der Waals surface area (Å²) in [7, 11) is -4.00. The first-order valence-electron chi connectivity index (χ1n) is 11.7. The third-order valence-electron chi connectivity index (χ3n) is 5.92. The van der Waals surface area contributed by atoms with Crippen molar-refractivity contribution in [3.05, 3.63) is 111 Å². The van der Waals surface area contributed by atoms with E-state index in [1.807, 2.05) is 37.5 Å². The van der Waals surface area contributed by atoms with Gasteiger partial charge in [0.1, 0.15) is 6.54 Å². The quantitative estimate of drug-likeness (QED) is 0.207. The molecule has 0 aliphatic heterocycles. The van der Waals surface area contributed by atoms with Crippen LogP contribution in [0.15, 0.2) is 88.9 Å². The molecule has 0 unspecified atom stereocenters. The molecule has 1 heterocycles. The van der Waals surface area contributed by atoms with Gasteiger partial charge in [0.05, 0.1) is 27.5 Å². The van der Waals surface area contributed by atoms with E-state index in [2.05, 4.69) is 10.5 Å². The van der Waals surface area contributed by atoms with E-state index < -0.39 is 22.5 Å². The summed E-state index contributed by atoms with van der Waals surface area (Å²) in [5.41, 5.74) is 6.94. The highest BCUT2D eigenvalue weighted by atomic mass is 35.5. The summed E-state index contributed by atoms with van der Waals surface area (Å²) in [5, 5.41) is 5.19. The second-order valence-electron chi connectivity index (χ2n) is 8.71. The molecular weight excluding hydrogens is 543 g/mol. The fourth-order valence-corrected chi connectivity index (χ4v) is 5.91. The Kier molecular flexibility index (Phi) is 8.26. The summed E-state index contributed by atoms with van der Waals surface area (Å²) in [6.07, 6.45) is 1.51. The molecule has 7 nitrogen and oxygen atoms in total. The fraction of sp³-hybridized carbons (Fsp3) is 0.143. The maximum absolute atomic E-state index is 13.4. The molecule has 4 rings (SSSR count). The van der Waals surface area contributed by atoms with E-state index in [0.29, 0.717) is 15.7 Å². The zero-order chi connectivity index (χ0) is 27.4. The van der Waals surface area contributed by atoms with E-state index in [-0.39, 0.29) is 4.90 Å². The van der Waals surface area contributed by atoms with Gasteiger partial charge in [-0.3, -0.25) is 9.10 Å². The van der Waals surface area contributed by atoms with E-state index in [0.717, 1.165) is 32.5 Å². The molecule has 1 amide bonds. The highest BCUT2D eigenvalue weighted by molar-refractivity contribution is 7.92. The number of rotatable bonds is 8. The maximum atomic E-state index is 13.4.